The molecule has 0 bridgehead atoms. The van der Waals surface area contributed by atoms with E-state index in [2.05, 4.69) is 32.7 Å². The van der Waals surface area contributed by atoms with E-state index in [1.54, 1.807) is 0 Å². The van der Waals surface area contributed by atoms with E-state index in [-0.39, 0.29) is 11.5 Å². The van der Waals surface area contributed by atoms with E-state index in [9.17, 15) is 0 Å². The molecule has 6 heteroatoms. The maximum atomic E-state index is 6.17. The molecule has 1 aromatic rings. The van der Waals surface area contributed by atoms with Crippen LogP contribution in [0.1, 0.15) is 31.2 Å². The lowest BCUT2D eigenvalue weighted by atomic mass is 9.96. The van der Waals surface area contributed by atoms with Crippen molar-refractivity contribution in [3.8, 4) is 0 Å². The molecule has 0 radical (unpaired) electrons. The lowest BCUT2D eigenvalue weighted by Gasteiger charge is -2.35. The molecule has 1 aromatic carbocycles. The van der Waals surface area contributed by atoms with Crippen molar-refractivity contribution in [3.63, 3.8) is 0 Å². The summed E-state index contributed by atoms with van der Waals surface area (Å²) in [6.07, 6.45) is 5.22. The zero-order valence-corrected chi connectivity index (χ0v) is 16.3. The van der Waals surface area contributed by atoms with Crippen LogP contribution in [-0.2, 0) is 10.2 Å². The number of nitrogens with one attached hydrogen (secondary N) is 2. The molecule has 2 heterocycles. The van der Waals surface area contributed by atoms with Crippen molar-refractivity contribution in [2.24, 2.45) is 4.99 Å². The summed E-state index contributed by atoms with van der Waals surface area (Å²) in [4.78, 5) is 6.95. The summed E-state index contributed by atoms with van der Waals surface area (Å²) in [5, 5.41) is 7.76. The highest BCUT2D eigenvalue weighted by Crippen LogP contribution is 2.48. The Bertz CT molecular complexity index is 661. The van der Waals surface area contributed by atoms with Gasteiger partial charge >= 0.3 is 0 Å². The number of aliphatic imine (C=N–C) groups is 1. The summed E-state index contributed by atoms with van der Waals surface area (Å²) in [6, 6.07) is 8.89. The summed E-state index contributed by atoms with van der Waals surface area (Å²) in [5.74, 6) is 0.852. The van der Waals surface area contributed by atoms with Crippen molar-refractivity contribution in [1.82, 2.24) is 15.5 Å². The number of nitrogens with zero attached hydrogens (tertiary/aromatic N) is 2. The lowest BCUT2D eigenvalue weighted by Crippen LogP contribution is -2.51. The van der Waals surface area contributed by atoms with Gasteiger partial charge in [0.1, 0.15) is 0 Å². The highest BCUT2D eigenvalue weighted by Gasteiger charge is 2.44. The van der Waals surface area contributed by atoms with Gasteiger partial charge in [0, 0.05) is 43.2 Å². The molecular weight excluding hydrogens is 348 g/mol. The van der Waals surface area contributed by atoms with Crippen molar-refractivity contribution in [1.29, 1.82) is 0 Å². The van der Waals surface area contributed by atoms with Gasteiger partial charge in [-0.25, -0.2) is 0 Å². The molecule has 26 heavy (non-hydrogen) atoms. The molecule has 0 aromatic heterocycles. The average molecular weight is 377 g/mol. The van der Waals surface area contributed by atoms with Crippen molar-refractivity contribution in [2.75, 3.05) is 39.8 Å². The maximum absolute atomic E-state index is 6.17. The van der Waals surface area contributed by atoms with E-state index < -0.39 is 0 Å². The van der Waals surface area contributed by atoms with E-state index in [1.165, 1.54) is 37.8 Å². The highest BCUT2D eigenvalue weighted by atomic mass is 35.5. The number of halogens is 1. The molecule has 1 aliphatic carbocycles. The first-order valence-electron chi connectivity index (χ1n) is 9.75. The van der Waals surface area contributed by atoms with E-state index in [4.69, 9.17) is 16.3 Å². The molecule has 2 atom stereocenters. The molecule has 4 rings (SSSR count). The van der Waals surface area contributed by atoms with Gasteiger partial charge in [-0.2, -0.15) is 0 Å². The van der Waals surface area contributed by atoms with Crippen LogP contribution in [0.5, 0.6) is 0 Å². The van der Waals surface area contributed by atoms with Crippen LogP contribution >= 0.6 is 11.6 Å². The van der Waals surface area contributed by atoms with E-state index in [0.717, 1.165) is 37.2 Å². The Balaban J connectivity index is 1.26. The topological polar surface area (TPSA) is 48.9 Å². The zero-order chi connectivity index (χ0) is 18.0. The van der Waals surface area contributed by atoms with Crippen LogP contribution in [0.15, 0.2) is 29.3 Å². The third-order valence-corrected chi connectivity index (χ3v) is 6.30. The largest absolute Gasteiger partial charge is 0.373 e. The predicted octanol–water partition coefficient (Wildman–Crippen LogP) is 2.40. The van der Waals surface area contributed by atoms with Gasteiger partial charge in [0.25, 0.3) is 0 Å². The number of benzene rings is 1. The van der Waals surface area contributed by atoms with Gasteiger partial charge in [0.15, 0.2) is 5.96 Å². The van der Waals surface area contributed by atoms with Gasteiger partial charge in [-0.05, 0) is 49.9 Å². The van der Waals surface area contributed by atoms with Crippen LogP contribution in [0, 0.1) is 0 Å². The van der Waals surface area contributed by atoms with Crippen molar-refractivity contribution in [3.05, 3.63) is 34.9 Å². The Kier molecular flexibility index (Phi) is 5.39. The minimum absolute atomic E-state index is 0.201. The SMILES string of the molecule is CN=C(NCC1CN2CCCC2CO1)NCC1(c2cccc(Cl)c2)CC1. The molecule has 0 spiro atoms. The van der Waals surface area contributed by atoms with Crippen LogP contribution in [-0.4, -0.2) is 62.8 Å². The van der Waals surface area contributed by atoms with Crippen LogP contribution in [0.3, 0.4) is 0 Å². The van der Waals surface area contributed by atoms with Crippen LogP contribution < -0.4 is 10.6 Å². The molecule has 3 fully saturated rings. The Hall–Kier alpha value is -1.30. The average Bonchev–Trinajstić information content (AvgIpc) is 3.31. The van der Waals surface area contributed by atoms with Gasteiger partial charge in [0.2, 0.25) is 0 Å². The van der Waals surface area contributed by atoms with Gasteiger partial charge < -0.3 is 15.4 Å². The number of morpholine rings is 1. The number of guanidine groups is 1. The van der Waals surface area contributed by atoms with Gasteiger partial charge in [-0.1, -0.05) is 23.7 Å². The van der Waals surface area contributed by atoms with Crippen LogP contribution in [0.2, 0.25) is 5.02 Å². The molecule has 5 nitrogen and oxygen atoms in total. The molecular formula is C20H29ClN4O. The number of hydrogen-bond acceptors (Lipinski definition) is 3. The first kappa shape index (κ1) is 18.1. The first-order valence-corrected chi connectivity index (χ1v) is 10.1. The zero-order valence-electron chi connectivity index (χ0n) is 15.5. The molecule has 2 saturated heterocycles. The fourth-order valence-corrected chi connectivity index (χ4v) is 4.42. The van der Waals surface area contributed by atoms with E-state index in [0.29, 0.717) is 6.04 Å². The van der Waals surface area contributed by atoms with Crippen molar-refractivity contribution >= 4 is 17.6 Å². The van der Waals surface area contributed by atoms with E-state index in [1.807, 2.05) is 19.2 Å². The Labute approximate surface area is 161 Å². The molecule has 2 N–H and O–H groups in total. The lowest BCUT2D eigenvalue weighted by molar-refractivity contribution is -0.0453. The minimum Gasteiger partial charge on any atom is -0.373 e. The van der Waals surface area contributed by atoms with Gasteiger partial charge in [-0.15, -0.1) is 0 Å². The number of hydrogen-bond donors (Lipinski definition) is 2. The normalized spacial score (nSPS) is 27.8. The Morgan fingerprint density at radius 3 is 3.04 bits per heavy atom. The minimum atomic E-state index is 0.201. The number of fused-ring (bicyclic) bond motifs is 1. The fraction of sp³-hybridized carbons (Fsp3) is 0.650. The second-order valence-corrected chi connectivity index (χ2v) is 8.28. The summed E-state index contributed by atoms with van der Waals surface area (Å²) in [5.41, 5.74) is 1.52. The summed E-state index contributed by atoms with van der Waals surface area (Å²) >= 11 is 6.17. The maximum Gasteiger partial charge on any atom is 0.191 e. The Morgan fingerprint density at radius 2 is 2.27 bits per heavy atom. The predicted molar refractivity (Wildman–Crippen MR) is 106 cm³/mol. The smallest absolute Gasteiger partial charge is 0.191 e. The second kappa shape index (κ2) is 7.75. The number of rotatable bonds is 5. The van der Waals surface area contributed by atoms with Gasteiger partial charge in [0.05, 0.1) is 12.7 Å². The third-order valence-electron chi connectivity index (χ3n) is 6.07. The molecule has 3 aliphatic rings. The fourth-order valence-electron chi connectivity index (χ4n) is 4.23. The molecule has 2 aliphatic heterocycles. The molecule has 1 saturated carbocycles. The monoisotopic (exact) mass is 376 g/mol. The third kappa shape index (κ3) is 4.00. The molecule has 142 valence electrons. The standard InChI is InChI=1S/C20H29ClN4O/c1-22-19(23-11-18-12-25-9-3-6-17(25)13-26-18)24-14-20(7-8-20)15-4-2-5-16(21)10-15/h2,4-5,10,17-18H,3,6-9,11-14H2,1H3,(H2,22,23,24). The first-order chi connectivity index (χ1) is 12.7. The van der Waals surface area contributed by atoms with E-state index >= 15 is 0 Å². The van der Waals surface area contributed by atoms with Crippen molar-refractivity contribution in [2.45, 2.75) is 43.2 Å². The second-order valence-electron chi connectivity index (χ2n) is 7.84. The summed E-state index contributed by atoms with van der Waals surface area (Å²) in [7, 11) is 1.83. The van der Waals surface area contributed by atoms with Crippen LogP contribution in [0.25, 0.3) is 0 Å². The molecule has 0 amide bonds. The van der Waals surface area contributed by atoms with Crippen molar-refractivity contribution < 1.29 is 4.74 Å². The Morgan fingerprint density at radius 1 is 1.38 bits per heavy atom. The number of ether oxygens (including phenoxy) is 1. The highest BCUT2D eigenvalue weighted by molar-refractivity contribution is 6.30. The molecule has 2 unspecified atom stereocenters. The summed E-state index contributed by atoms with van der Waals surface area (Å²) in [6.45, 7) is 4.80. The van der Waals surface area contributed by atoms with Crippen LogP contribution in [0.4, 0.5) is 0 Å². The quantitative estimate of drug-likeness (QED) is 0.612. The summed E-state index contributed by atoms with van der Waals surface area (Å²) < 4.78 is 6.03. The van der Waals surface area contributed by atoms with Gasteiger partial charge in [-0.3, -0.25) is 9.89 Å².